The molecule has 1 heterocycles. The summed E-state index contributed by atoms with van der Waals surface area (Å²) in [5.74, 6) is 0. The summed E-state index contributed by atoms with van der Waals surface area (Å²) in [5, 5.41) is 4.60. The number of hydrogen-bond acceptors (Lipinski definition) is 2. The zero-order chi connectivity index (χ0) is 12.3. The molecule has 0 saturated heterocycles. The van der Waals surface area contributed by atoms with Gasteiger partial charge < -0.3 is 5.32 Å². The number of hydrogen-bond donors (Lipinski definition) is 1. The maximum absolute atomic E-state index is 6.02. The first kappa shape index (κ1) is 12.7. The molecule has 0 aliphatic carbocycles. The monoisotopic (exact) mass is 330 g/mol. The molecule has 0 aliphatic heterocycles. The largest absolute Gasteiger partial charge is 0.380 e. The van der Waals surface area contributed by atoms with E-state index >= 15 is 0 Å². The standard InChI is InChI=1S/C12H9BrCl2N2/c13-12-9(14)2-1-3-11(12)17-6-8-4-5-16-7-10(8)15/h1-5,7,17H,6H2. The molecule has 0 saturated carbocycles. The number of pyridine rings is 1. The van der Waals surface area contributed by atoms with E-state index in [1.165, 1.54) is 0 Å². The van der Waals surface area contributed by atoms with Gasteiger partial charge in [-0.1, -0.05) is 29.3 Å². The Kier molecular flexibility index (Phi) is 4.26. The molecule has 0 bridgehead atoms. The number of nitrogens with one attached hydrogen (secondary N) is 1. The molecule has 2 nitrogen and oxygen atoms in total. The fourth-order valence-corrected chi connectivity index (χ4v) is 2.14. The van der Waals surface area contributed by atoms with Gasteiger partial charge in [-0.3, -0.25) is 4.98 Å². The van der Waals surface area contributed by atoms with Gasteiger partial charge in [-0.25, -0.2) is 0 Å². The zero-order valence-electron chi connectivity index (χ0n) is 8.75. The summed E-state index contributed by atoms with van der Waals surface area (Å²) in [6.07, 6.45) is 3.35. The van der Waals surface area contributed by atoms with Crippen LogP contribution in [0.4, 0.5) is 5.69 Å². The first-order valence-electron chi connectivity index (χ1n) is 4.95. The molecule has 0 fully saturated rings. The molecule has 0 unspecified atom stereocenters. The van der Waals surface area contributed by atoms with Crippen molar-refractivity contribution in [1.29, 1.82) is 0 Å². The van der Waals surface area contributed by atoms with E-state index in [9.17, 15) is 0 Å². The lowest BCUT2D eigenvalue weighted by Crippen LogP contribution is -2.01. The topological polar surface area (TPSA) is 24.9 Å². The van der Waals surface area contributed by atoms with Gasteiger partial charge in [-0.2, -0.15) is 0 Å². The van der Waals surface area contributed by atoms with Gasteiger partial charge in [0.15, 0.2) is 0 Å². The van der Waals surface area contributed by atoms with Gasteiger partial charge >= 0.3 is 0 Å². The van der Waals surface area contributed by atoms with E-state index in [2.05, 4.69) is 26.2 Å². The van der Waals surface area contributed by atoms with Crippen LogP contribution in [0.1, 0.15) is 5.56 Å². The lowest BCUT2D eigenvalue weighted by atomic mass is 10.2. The lowest BCUT2D eigenvalue weighted by Gasteiger charge is -2.10. The van der Waals surface area contributed by atoms with E-state index in [1.807, 2.05) is 24.3 Å². The average Bonchev–Trinajstić information content (AvgIpc) is 2.33. The number of rotatable bonds is 3. The van der Waals surface area contributed by atoms with Crippen molar-refractivity contribution in [3.05, 3.63) is 56.7 Å². The van der Waals surface area contributed by atoms with Crippen LogP contribution in [-0.4, -0.2) is 4.98 Å². The van der Waals surface area contributed by atoms with Crippen molar-refractivity contribution < 1.29 is 0 Å². The second-order valence-electron chi connectivity index (χ2n) is 3.42. The van der Waals surface area contributed by atoms with E-state index in [-0.39, 0.29) is 0 Å². The van der Waals surface area contributed by atoms with Crippen molar-refractivity contribution in [2.75, 3.05) is 5.32 Å². The summed E-state index contributed by atoms with van der Waals surface area (Å²) in [4.78, 5) is 3.94. The Labute approximate surface area is 118 Å². The van der Waals surface area contributed by atoms with Gasteiger partial charge in [0.05, 0.1) is 20.2 Å². The van der Waals surface area contributed by atoms with Crippen molar-refractivity contribution in [3.63, 3.8) is 0 Å². The minimum Gasteiger partial charge on any atom is -0.380 e. The van der Waals surface area contributed by atoms with Crippen molar-refractivity contribution >= 4 is 44.8 Å². The van der Waals surface area contributed by atoms with Crippen molar-refractivity contribution in [1.82, 2.24) is 4.98 Å². The SMILES string of the molecule is Clc1cnccc1CNc1cccc(Cl)c1Br. The summed E-state index contributed by atoms with van der Waals surface area (Å²) >= 11 is 15.5. The first-order chi connectivity index (χ1) is 8.18. The Bertz CT molecular complexity index is 532. The van der Waals surface area contributed by atoms with Gasteiger partial charge in [-0.15, -0.1) is 0 Å². The zero-order valence-corrected chi connectivity index (χ0v) is 11.9. The number of nitrogens with zero attached hydrogens (tertiary/aromatic N) is 1. The molecule has 5 heteroatoms. The molecular formula is C12H9BrCl2N2. The highest BCUT2D eigenvalue weighted by atomic mass is 79.9. The smallest absolute Gasteiger partial charge is 0.0639 e. The fraction of sp³-hybridized carbons (Fsp3) is 0.0833. The van der Waals surface area contributed by atoms with Crippen LogP contribution in [0.25, 0.3) is 0 Å². The summed E-state index contributed by atoms with van der Waals surface area (Å²) in [6.45, 7) is 0.625. The Morgan fingerprint density at radius 3 is 2.76 bits per heavy atom. The molecule has 0 aliphatic rings. The van der Waals surface area contributed by atoms with Crippen molar-refractivity contribution in [2.24, 2.45) is 0 Å². The Morgan fingerprint density at radius 1 is 1.18 bits per heavy atom. The molecule has 2 aromatic rings. The minimum absolute atomic E-state index is 0.625. The third-order valence-electron chi connectivity index (χ3n) is 2.28. The molecule has 0 spiro atoms. The van der Waals surface area contributed by atoms with Crippen LogP contribution >= 0.6 is 39.1 Å². The van der Waals surface area contributed by atoms with Crippen LogP contribution in [0.2, 0.25) is 10.0 Å². The summed E-state index contributed by atoms with van der Waals surface area (Å²) in [6, 6.07) is 7.55. The van der Waals surface area contributed by atoms with Crippen LogP contribution in [0.15, 0.2) is 41.1 Å². The van der Waals surface area contributed by atoms with Crippen molar-refractivity contribution in [2.45, 2.75) is 6.54 Å². The minimum atomic E-state index is 0.625. The summed E-state index contributed by atoms with van der Waals surface area (Å²) in [5.41, 5.74) is 1.93. The van der Waals surface area contributed by atoms with E-state index in [0.29, 0.717) is 16.6 Å². The Morgan fingerprint density at radius 2 is 2.00 bits per heavy atom. The summed E-state index contributed by atoms with van der Waals surface area (Å²) < 4.78 is 0.854. The lowest BCUT2D eigenvalue weighted by molar-refractivity contribution is 1.12. The Hall–Kier alpha value is -0.770. The molecular weight excluding hydrogens is 323 g/mol. The quantitative estimate of drug-likeness (QED) is 0.876. The maximum atomic E-state index is 6.02. The van der Waals surface area contributed by atoms with Crippen LogP contribution in [-0.2, 0) is 6.54 Å². The van der Waals surface area contributed by atoms with E-state index in [1.54, 1.807) is 12.4 Å². The highest BCUT2D eigenvalue weighted by Gasteiger charge is 2.04. The van der Waals surface area contributed by atoms with Gasteiger partial charge in [0.1, 0.15) is 0 Å². The second kappa shape index (κ2) is 5.71. The highest BCUT2D eigenvalue weighted by Crippen LogP contribution is 2.30. The number of halogens is 3. The predicted octanol–water partition coefficient (Wildman–Crippen LogP) is 4.76. The van der Waals surface area contributed by atoms with Crippen LogP contribution in [0, 0.1) is 0 Å². The molecule has 88 valence electrons. The van der Waals surface area contributed by atoms with E-state index < -0.39 is 0 Å². The number of anilines is 1. The van der Waals surface area contributed by atoms with Crippen LogP contribution in [0.5, 0.6) is 0 Å². The average molecular weight is 332 g/mol. The second-order valence-corrected chi connectivity index (χ2v) is 5.03. The molecule has 0 amide bonds. The molecule has 0 atom stereocenters. The third-order valence-corrected chi connectivity index (χ3v) is 4.02. The van der Waals surface area contributed by atoms with Gasteiger partial charge in [0.2, 0.25) is 0 Å². The highest BCUT2D eigenvalue weighted by molar-refractivity contribution is 9.10. The predicted molar refractivity (Wildman–Crippen MR) is 75.7 cm³/mol. The molecule has 1 N–H and O–H groups in total. The molecule has 0 radical (unpaired) electrons. The molecule has 1 aromatic carbocycles. The maximum Gasteiger partial charge on any atom is 0.0639 e. The third kappa shape index (κ3) is 3.12. The van der Waals surface area contributed by atoms with Crippen LogP contribution < -0.4 is 5.32 Å². The van der Waals surface area contributed by atoms with Gasteiger partial charge in [0, 0.05) is 18.9 Å². The van der Waals surface area contributed by atoms with Crippen LogP contribution in [0.3, 0.4) is 0 Å². The Balaban J connectivity index is 2.13. The van der Waals surface area contributed by atoms with Crippen molar-refractivity contribution in [3.8, 4) is 0 Å². The van der Waals surface area contributed by atoms with Gasteiger partial charge in [0.25, 0.3) is 0 Å². The number of benzene rings is 1. The van der Waals surface area contributed by atoms with Gasteiger partial charge in [-0.05, 0) is 39.7 Å². The van der Waals surface area contributed by atoms with E-state index in [0.717, 1.165) is 15.7 Å². The number of aromatic nitrogens is 1. The van der Waals surface area contributed by atoms with E-state index in [4.69, 9.17) is 23.2 Å². The first-order valence-corrected chi connectivity index (χ1v) is 6.49. The molecule has 1 aromatic heterocycles. The summed E-state index contributed by atoms with van der Waals surface area (Å²) in [7, 11) is 0. The fourth-order valence-electron chi connectivity index (χ4n) is 1.38. The molecule has 17 heavy (non-hydrogen) atoms. The normalized spacial score (nSPS) is 10.3. The molecule has 2 rings (SSSR count).